The highest BCUT2D eigenvalue weighted by atomic mass is 32.1. The molecule has 2 unspecified atom stereocenters. The second-order valence-electron chi connectivity index (χ2n) is 5.77. The second kappa shape index (κ2) is 7.10. The average molecular weight is 362 g/mol. The number of thiazole rings is 1. The van der Waals surface area contributed by atoms with Crippen molar-refractivity contribution in [1.29, 1.82) is 0 Å². The van der Waals surface area contributed by atoms with E-state index < -0.39 is 17.9 Å². The molecule has 2 atom stereocenters. The first kappa shape index (κ1) is 17.2. The van der Waals surface area contributed by atoms with Gasteiger partial charge in [-0.25, -0.2) is 9.78 Å². The molecule has 1 aromatic carbocycles. The van der Waals surface area contributed by atoms with Gasteiger partial charge in [0, 0.05) is 5.56 Å². The molecule has 0 saturated heterocycles. The van der Waals surface area contributed by atoms with E-state index >= 15 is 0 Å². The van der Waals surface area contributed by atoms with Crippen molar-refractivity contribution < 1.29 is 24.2 Å². The Kier molecular flexibility index (Phi) is 4.89. The van der Waals surface area contributed by atoms with Crippen LogP contribution in [0.15, 0.2) is 24.4 Å². The molecule has 0 aliphatic carbocycles. The Balaban J connectivity index is 1.76. The fraction of sp³-hybridized carbons (Fsp3) is 0.353. The number of aliphatic carboxylic acids is 1. The van der Waals surface area contributed by atoms with Gasteiger partial charge >= 0.3 is 5.97 Å². The van der Waals surface area contributed by atoms with Gasteiger partial charge in [-0.1, -0.05) is 20.3 Å². The fourth-order valence-electron chi connectivity index (χ4n) is 2.44. The number of carboxylic acid groups (broad SMARTS) is 1. The van der Waals surface area contributed by atoms with E-state index in [-0.39, 0.29) is 12.7 Å². The largest absolute Gasteiger partial charge is 0.480 e. The van der Waals surface area contributed by atoms with Gasteiger partial charge in [0.2, 0.25) is 6.79 Å². The number of nitrogens with one attached hydrogen (secondary N) is 1. The Morgan fingerprint density at radius 2 is 2.12 bits per heavy atom. The fourth-order valence-corrected chi connectivity index (χ4v) is 3.25. The molecule has 0 radical (unpaired) electrons. The number of fused-ring (bicyclic) bond motifs is 1. The third-order valence-corrected chi connectivity index (χ3v) is 5.16. The summed E-state index contributed by atoms with van der Waals surface area (Å²) in [5, 5.41) is 12.5. The number of carboxylic acids is 1. The molecular weight excluding hydrogens is 344 g/mol. The zero-order valence-electron chi connectivity index (χ0n) is 13.8. The van der Waals surface area contributed by atoms with Crippen LogP contribution in [0.4, 0.5) is 0 Å². The van der Waals surface area contributed by atoms with Gasteiger partial charge in [0.1, 0.15) is 15.9 Å². The zero-order chi connectivity index (χ0) is 18.0. The van der Waals surface area contributed by atoms with Crippen molar-refractivity contribution in [2.75, 3.05) is 6.79 Å². The molecule has 25 heavy (non-hydrogen) atoms. The Hall–Kier alpha value is -2.61. The topological polar surface area (TPSA) is 97.8 Å². The summed E-state index contributed by atoms with van der Waals surface area (Å²) < 4.78 is 10.6. The molecule has 7 nitrogen and oxygen atoms in total. The Bertz CT molecular complexity index is 804. The maximum atomic E-state index is 12.4. The van der Waals surface area contributed by atoms with Gasteiger partial charge in [0.05, 0.1) is 6.20 Å². The first-order valence-corrected chi connectivity index (χ1v) is 8.70. The zero-order valence-corrected chi connectivity index (χ0v) is 14.6. The van der Waals surface area contributed by atoms with Gasteiger partial charge in [-0.2, -0.15) is 0 Å². The monoisotopic (exact) mass is 362 g/mol. The Morgan fingerprint density at radius 1 is 1.36 bits per heavy atom. The number of aromatic nitrogens is 1. The third-order valence-electron chi connectivity index (χ3n) is 4.11. The van der Waals surface area contributed by atoms with Crippen molar-refractivity contribution in [3.8, 4) is 22.1 Å². The predicted octanol–water partition coefficient (Wildman–Crippen LogP) is 2.77. The van der Waals surface area contributed by atoms with E-state index in [1.54, 1.807) is 13.0 Å². The molecule has 1 aliphatic heterocycles. The van der Waals surface area contributed by atoms with Crippen LogP contribution in [0.5, 0.6) is 11.5 Å². The number of amides is 1. The van der Waals surface area contributed by atoms with Gasteiger partial charge in [-0.3, -0.25) is 4.79 Å². The summed E-state index contributed by atoms with van der Waals surface area (Å²) in [6.07, 6.45) is 2.11. The van der Waals surface area contributed by atoms with Gasteiger partial charge in [-0.15, -0.1) is 11.3 Å². The number of benzene rings is 1. The van der Waals surface area contributed by atoms with Crippen molar-refractivity contribution in [1.82, 2.24) is 10.3 Å². The minimum absolute atomic E-state index is 0.164. The van der Waals surface area contributed by atoms with E-state index in [4.69, 9.17) is 9.47 Å². The molecule has 0 saturated carbocycles. The minimum atomic E-state index is -1.04. The van der Waals surface area contributed by atoms with E-state index in [1.165, 1.54) is 17.5 Å². The lowest BCUT2D eigenvalue weighted by molar-refractivity contribution is -0.140. The lowest BCUT2D eigenvalue weighted by Gasteiger charge is -2.19. The van der Waals surface area contributed by atoms with E-state index in [0.29, 0.717) is 27.8 Å². The molecule has 0 spiro atoms. The molecule has 8 heteroatoms. The molecule has 2 aromatic rings. The van der Waals surface area contributed by atoms with Gasteiger partial charge in [0.15, 0.2) is 11.5 Å². The number of carbonyl (C=O) groups is 2. The molecule has 2 heterocycles. The van der Waals surface area contributed by atoms with Gasteiger partial charge < -0.3 is 19.9 Å². The van der Waals surface area contributed by atoms with Crippen LogP contribution in [0.25, 0.3) is 10.6 Å². The molecule has 0 bridgehead atoms. The Labute approximate surface area is 148 Å². The highest BCUT2D eigenvalue weighted by molar-refractivity contribution is 7.16. The lowest BCUT2D eigenvalue weighted by Crippen LogP contribution is -2.44. The normalized spacial score (nSPS) is 14.8. The Morgan fingerprint density at radius 3 is 2.84 bits per heavy atom. The summed E-state index contributed by atoms with van der Waals surface area (Å²) in [5.74, 6) is -0.319. The van der Waals surface area contributed by atoms with Crippen LogP contribution in [-0.4, -0.2) is 34.8 Å². The molecular formula is C17H18N2O5S. The van der Waals surface area contributed by atoms with Crippen LogP contribution in [0.1, 0.15) is 29.9 Å². The summed E-state index contributed by atoms with van der Waals surface area (Å²) in [6, 6.07) is 4.52. The summed E-state index contributed by atoms with van der Waals surface area (Å²) >= 11 is 1.20. The maximum Gasteiger partial charge on any atom is 0.326 e. The first-order valence-electron chi connectivity index (χ1n) is 7.89. The van der Waals surface area contributed by atoms with Crippen LogP contribution >= 0.6 is 11.3 Å². The SMILES string of the molecule is CCC(C)C(NC(=O)c1cnc(-c2ccc3c(c2)OCO3)s1)C(=O)O. The van der Waals surface area contributed by atoms with Crippen molar-refractivity contribution >= 4 is 23.2 Å². The van der Waals surface area contributed by atoms with E-state index in [2.05, 4.69) is 10.3 Å². The highest BCUT2D eigenvalue weighted by Crippen LogP contribution is 2.36. The van der Waals surface area contributed by atoms with Gasteiger partial charge in [0.25, 0.3) is 5.91 Å². The number of nitrogens with zero attached hydrogens (tertiary/aromatic N) is 1. The van der Waals surface area contributed by atoms with Crippen LogP contribution in [0.3, 0.4) is 0 Å². The molecule has 1 aromatic heterocycles. The number of hydrogen-bond acceptors (Lipinski definition) is 6. The van der Waals surface area contributed by atoms with E-state index in [0.717, 1.165) is 5.56 Å². The van der Waals surface area contributed by atoms with Crippen LogP contribution in [0.2, 0.25) is 0 Å². The van der Waals surface area contributed by atoms with Crippen molar-refractivity contribution in [2.24, 2.45) is 5.92 Å². The molecule has 1 amide bonds. The van der Waals surface area contributed by atoms with Crippen LogP contribution < -0.4 is 14.8 Å². The summed E-state index contributed by atoms with van der Waals surface area (Å²) in [5.41, 5.74) is 0.810. The summed E-state index contributed by atoms with van der Waals surface area (Å²) in [7, 11) is 0. The average Bonchev–Trinajstić information content (AvgIpc) is 3.26. The molecule has 3 rings (SSSR count). The standard InChI is InChI=1S/C17H18N2O5S/c1-3-9(2)14(17(21)22)19-15(20)13-7-18-16(25-13)10-4-5-11-12(6-10)24-8-23-11/h4-7,9,14H,3,8H2,1-2H3,(H,19,20)(H,21,22). The first-order chi connectivity index (χ1) is 12.0. The van der Waals surface area contributed by atoms with Gasteiger partial charge in [-0.05, 0) is 24.1 Å². The van der Waals surface area contributed by atoms with Crippen molar-refractivity contribution in [3.05, 3.63) is 29.3 Å². The maximum absolute atomic E-state index is 12.4. The minimum Gasteiger partial charge on any atom is -0.480 e. The molecule has 132 valence electrons. The highest BCUT2D eigenvalue weighted by Gasteiger charge is 2.26. The number of hydrogen-bond donors (Lipinski definition) is 2. The van der Waals surface area contributed by atoms with Crippen LogP contribution in [-0.2, 0) is 4.79 Å². The van der Waals surface area contributed by atoms with E-state index in [1.807, 2.05) is 19.1 Å². The lowest BCUT2D eigenvalue weighted by atomic mass is 9.99. The van der Waals surface area contributed by atoms with E-state index in [9.17, 15) is 14.7 Å². The molecule has 0 fully saturated rings. The molecule has 2 N–H and O–H groups in total. The summed E-state index contributed by atoms with van der Waals surface area (Å²) in [6.45, 7) is 3.87. The smallest absolute Gasteiger partial charge is 0.326 e. The number of carbonyl (C=O) groups excluding carboxylic acids is 1. The van der Waals surface area contributed by atoms with Crippen molar-refractivity contribution in [3.63, 3.8) is 0 Å². The predicted molar refractivity (Wildman–Crippen MR) is 92.0 cm³/mol. The van der Waals surface area contributed by atoms with Crippen molar-refractivity contribution in [2.45, 2.75) is 26.3 Å². The third kappa shape index (κ3) is 3.58. The number of ether oxygens (including phenoxy) is 2. The van der Waals surface area contributed by atoms with Crippen LogP contribution in [0, 0.1) is 5.92 Å². The summed E-state index contributed by atoms with van der Waals surface area (Å²) in [4.78, 5) is 28.3. The quantitative estimate of drug-likeness (QED) is 0.820. The second-order valence-corrected chi connectivity index (χ2v) is 6.80. The number of rotatable bonds is 6. The molecule has 1 aliphatic rings.